The van der Waals surface area contributed by atoms with Gasteiger partial charge in [0.25, 0.3) is 5.69 Å². The highest BCUT2D eigenvalue weighted by molar-refractivity contribution is 5.68. The number of carbonyl (C=O) groups is 1. The topological polar surface area (TPSA) is 72.7 Å². The molecule has 18 heavy (non-hydrogen) atoms. The molecular formula is C12H13N2O4. The number of non-ortho nitro benzene ring substituents is 1. The molecular weight excluding hydrogens is 236 g/mol. The summed E-state index contributed by atoms with van der Waals surface area (Å²) in [6.45, 7) is 2.64. The van der Waals surface area contributed by atoms with Crippen LogP contribution < -0.4 is 0 Å². The lowest BCUT2D eigenvalue weighted by molar-refractivity contribution is -0.384. The van der Waals surface area contributed by atoms with Crippen molar-refractivity contribution in [3.63, 3.8) is 0 Å². The number of hydrogen-bond donors (Lipinski definition) is 0. The monoisotopic (exact) mass is 249 g/mol. The molecule has 95 valence electrons. The van der Waals surface area contributed by atoms with Crippen molar-refractivity contribution in [3.05, 3.63) is 46.5 Å². The molecule has 1 saturated heterocycles. The van der Waals surface area contributed by atoms with Crippen LogP contribution in [0.3, 0.4) is 0 Å². The van der Waals surface area contributed by atoms with Crippen LogP contribution in [0.5, 0.6) is 0 Å². The standard InChI is InChI=1S/C12H13N2O4/c15-12(13-7-1-2-8-13)18-9-10-3-5-11(6-4-10)14(16)17/h3-7H,1-2,8-9H2. The van der Waals surface area contributed by atoms with Crippen molar-refractivity contribution in [2.45, 2.75) is 19.4 Å². The average molecular weight is 249 g/mol. The van der Waals surface area contributed by atoms with Gasteiger partial charge in [0.1, 0.15) is 6.61 Å². The summed E-state index contributed by atoms with van der Waals surface area (Å²) in [5.41, 5.74) is 0.756. The molecule has 6 nitrogen and oxygen atoms in total. The molecule has 1 radical (unpaired) electrons. The number of likely N-dealkylation sites (tertiary alicyclic amines) is 1. The Hall–Kier alpha value is -2.11. The molecule has 2 rings (SSSR count). The Labute approximate surface area is 104 Å². The first-order valence-electron chi connectivity index (χ1n) is 5.67. The quantitative estimate of drug-likeness (QED) is 0.609. The van der Waals surface area contributed by atoms with E-state index >= 15 is 0 Å². The van der Waals surface area contributed by atoms with Gasteiger partial charge in [-0.1, -0.05) is 0 Å². The van der Waals surface area contributed by atoms with E-state index in [1.54, 1.807) is 17.0 Å². The lowest BCUT2D eigenvalue weighted by atomic mass is 10.2. The third kappa shape index (κ3) is 2.97. The molecule has 1 amide bonds. The molecule has 0 unspecified atom stereocenters. The fourth-order valence-corrected chi connectivity index (χ4v) is 1.71. The first kappa shape index (κ1) is 12.3. The lowest BCUT2D eigenvalue weighted by Crippen LogP contribution is -2.25. The summed E-state index contributed by atoms with van der Waals surface area (Å²) in [5.74, 6) is 0. The molecule has 1 aromatic rings. The summed E-state index contributed by atoms with van der Waals surface area (Å²) in [7, 11) is 0. The van der Waals surface area contributed by atoms with Gasteiger partial charge in [-0.25, -0.2) is 4.79 Å². The SMILES string of the molecule is O=C(OCc1ccc([N+](=O)[O-])cc1)N1[CH]CCC1. The number of hydrogen-bond acceptors (Lipinski definition) is 4. The summed E-state index contributed by atoms with van der Waals surface area (Å²) < 4.78 is 5.10. The van der Waals surface area contributed by atoms with E-state index < -0.39 is 4.92 Å². The molecule has 1 aromatic carbocycles. The fourth-order valence-electron chi connectivity index (χ4n) is 1.71. The molecule has 0 spiro atoms. The molecule has 0 N–H and O–H groups in total. The highest BCUT2D eigenvalue weighted by Crippen LogP contribution is 2.15. The second-order valence-corrected chi connectivity index (χ2v) is 4.00. The maximum atomic E-state index is 11.6. The summed E-state index contributed by atoms with van der Waals surface area (Å²) in [5, 5.41) is 10.5. The van der Waals surface area contributed by atoms with Crippen molar-refractivity contribution >= 4 is 11.8 Å². The van der Waals surface area contributed by atoms with Gasteiger partial charge >= 0.3 is 6.09 Å². The minimum Gasteiger partial charge on any atom is -0.445 e. The van der Waals surface area contributed by atoms with Crippen LogP contribution in [0.4, 0.5) is 10.5 Å². The largest absolute Gasteiger partial charge is 0.445 e. The Balaban J connectivity index is 1.86. The van der Waals surface area contributed by atoms with Crippen LogP contribution in [0.15, 0.2) is 24.3 Å². The van der Waals surface area contributed by atoms with E-state index in [1.807, 2.05) is 6.54 Å². The average Bonchev–Trinajstić information content (AvgIpc) is 2.90. The van der Waals surface area contributed by atoms with Gasteiger partial charge in [-0.15, -0.1) is 0 Å². The highest BCUT2D eigenvalue weighted by atomic mass is 16.6. The van der Waals surface area contributed by atoms with Crippen LogP contribution in [0.25, 0.3) is 0 Å². The molecule has 0 bridgehead atoms. The van der Waals surface area contributed by atoms with Crippen molar-refractivity contribution in [2.24, 2.45) is 0 Å². The molecule has 0 aliphatic carbocycles. The van der Waals surface area contributed by atoms with Crippen LogP contribution in [0.1, 0.15) is 18.4 Å². The van der Waals surface area contributed by atoms with Crippen molar-refractivity contribution in [3.8, 4) is 0 Å². The van der Waals surface area contributed by atoms with Crippen molar-refractivity contribution in [1.29, 1.82) is 0 Å². The Morgan fingerprint density at radius 2 is 2.11 bits per heavy atom. The summed E-state index contributed by atoms with van der Waals surface area (Å²) >= 11 is 0. The maximum Gasteiger partial charge on any atom is 0.410 e. The fraction of sp³-hybridized carbons (Fsp3) is 0.333. The Morgan fingerprint density at radius 1 is 1.39 bits per heavy atom. The van der Waals surface area contributed by atoms with Gasteiger partial charge in [0.15, 0.2) is 0 Å². The Bertz CT molecular complexity index is 438. The van der Waals surface area contributed by atoms with Crippen molar-refractivity contribution < 1.29 is 14.5 Å². The van der Waals surface area contributed by atoms with E-state index in [1.165, 1.54) is 12.1 Å². The van der Waals surface area contributed by atoms with Crippen LogP contribution in [-0.2, 0) is 11.3 Å². The first-order chi connectivity index (χ1) is 8.66. The zero-order valence-corrected chi connectivity index (χ0v) is 9.74. The smallest absolute Gasteiger partial charge is 0.410 e. The Morgan fingerprint density at radius 3 is 2.67 bits per heavy atom. The molecule has 1 aliphatic rings. The minimum absolute atomic E-state index is 0.0259. The van der Waals surface area contributed by atoms with E-state index in [9.17, 15) is 14.9 Å². The number of amides is 1. The van der Waals surface area contributed by atoms with E-state index in [2.05, 4.69) is 0 Å². The van der Waals surface area contributed by atoms with Gasteiger partial charge < -0.3 is 9.64 Å². The zero-order chi connectivity index (χ0) is 13.0. The first-order valence-corrected chi connectivity index (χ1v) is 5.67. The summed E-state index contributed by atoms with van der Waals surface area (Å²) in [4.78, 5) is 23.1. The molecule has 0 aromatic heterocycles. The van der Waals surface area contributed by atoms with Crippen LogP contribution >= 0.6 is 0 Å². The van der Waals surface area contributed by atoms with Gasteiger partial charge in [0.05, 0.1) is 11.5 Å². The molecule has 1 aliphatic heterocycles. The number of rotatable bonds is 3. The normalized spacial score (nSPS) is 14.6. The van der Waals surface area contributed by atoms with Crippen molar-refractivity contribution in [1.82, 2.24) is 4.90 Å². The van der Waals surface area contributed by atoms with Crippen LogP contribution in [-0.4, -0.2) is 22.5 Å². The molecule has 0 saturated carbocycles. The molecule has 6 heteroatoms. The number of nitro benzene ring substituents is 1. The molecule has 0 atom stereocenters. The second kappa shape index (κ2) is 5.48. The maximum absolute atomic E-state index is 11.6. The van der Waals surface area contributed by atoms with E-state index in [0.29, 0.717) is 6.54 Å². The third-order valence-electron chi connectivity index (χ3n) is 2.70. The second-order valence-electron chi connectivity index (χ2n) is 4.00. The van der Waals surface area contributed by atoms with Gasteiger partial charge in [-0.2, -0.15) is 0 Å². The predicted octanol–water partition coefficient (Wildman–Crippen LogP) is 2.49. The Kier molecular flexibility index (Phi) is 3.76. The minimum atomic E-state index is -0.463. The molecule has 1 heterocycles. The zero-order valence-electron chi connectivity index (χ0n) is 9.74. The number of nitro groups is 1. The van der Waals surface area contributed by atoms with E-state index in [-0.39, 0.29) is 18.4 Å². The predicted molar refractivity (Wildman–Crippen MR) is 63.5 cm³/mol. The number of nitrogens with zero attached hydrogens (tertiary/aromatic N) is 2. The third-order valence-corrected chi connectivity index (χ3v) is 2.70. The van der Waals surface area contributed by atoms with Crippen LogP contribution in [0.2, 0.25) is 0 Å². The van der Waals surface area contributed by atoms with E-state index in [0.717, 1.165) is 18.4 Å². The van der Waals surface area contributed by atoms with Gasteiger partial charge in [-0.3, -0.25) is 10.1 Å². The molecule has 1 fully saturated rings. The van der Waals surface area contributed by atoms with Crippen molar-refractivity contribution in [2.75, 3.05) is 6.54 Å². The van der Waals surface area contributed by atoms with Gasteiger partial charge in [0.2, 0.25) is 0 Å². The van der Waals surface area contributed by atoms with Gasteiger partial charge in [0, 0.05) is 18.7 Å². The number of benzene rings is 1. The lowest BCUT2D eigenvalue weighted by Gasteiger charge is -2.14. The van der Waals surface area contributed by atoms with E-state index in [4.69, 9.17) is 4.74 Å². The van der Waals surface area contributed by atoms with Crippen LogP contribution in [0, 0.1) is 16.7 Å². The van der Waals surface area contributed by atoms with Gasteiger partial charge in [-0.05, 0) is 30.5 Å². The summed E-state index contributed by atoms with van der Waals surface area (Å²) in [6, 6.07) is 5.95. The number of ether oxygens (including phenoxy) is 1. The summed E-state index contributed by atoms with van der Waals surface area (Å²) in [6.07, 6.45) is 1.49. The highest BCUT2D eigenvalue weighted by Gasteiger charge is 2.19. The number of carbonyl (C=O) groups excluding carboxylic acids is 1.